The third-order valence-corrected chi connectivity index (χ3v) is 5.16. The second kappa shape index (κ2) is 15.1. The predicted molar refractivity (Wildman–Crippen MR) is 134 cm³/mol. The van der Waals surface area contributed by atoms with Crippen molar-refractivity contribution in [3.63, 3.8) is 0 Å². The van der Waals surface area contributed by atoms with Gasteiger partial charge in [0.05, 0.1) is 17.2 Å². The zero-order valence-electron chi connectivity index (χ0n) is 17.9. The lowest BCUT2D eigenvalue weighted by Crippen LogP contribution is -1.96. The van der Waals surface area contributed by atoms with E-state index in [1.165, 1.54) is 18.0 Å². The standard InChI is InChI=1S/C19H17Cl2N3OS.C3H4O.CH3F/c1-12-9-18(24-26-15-7-8-16(20)17(21)10-15)19(23-11-12)25-14-5-3-13(22-2)4-6-14;1-2-3-4;1-2/h3-11,22,24H,1-2H3;2-3H,1H2;1H3. The lowest BCUT2D eigenvalue weighted by Gasteiger charge is -2.13. The molecular formula is C23H24Cl2FN3O2S. The zero-order valence-corrected chi connectivity index (χ0v) is 20.2. The Hall–Kier alpha value is -2.74. The molecule has 0 saturated heterocycles. The van der Waals surface area contributed by atoms with Crippen LogP contribution in [-0.2, 0) is 4.79 Å². The van der Waals surface area contributed by atoms with Gasteiger partial charge in [-0.3, -0.25) is 9.18 Å². The van der Waals surface area contributed by atoms with Crippen molar-refractivity contribution in [1.82, 2.24) is 4.98 Å². The van der Waals surface area contributed by atoms with Crippen molar-refractivity contribution in [3.8, 4) is 11.6 Å². The van der Waals surface area contributed by atoms with Gasteiger partial charge in [0.2, 0.25) is 5.88 Å². The van der Waals surface area contributed by atoms with E-state index in [1.807, 2.05) is 56.4 Å². The highest BCUT2D eigenvalue weighted by Gasteiger charge is 2.09. The fourth-order valence-corrected chi connectivity index (χ4v) is 3.22. The summed E-state index contributed by atoms with van der Waals surface area (Å²) in [5.74, 6) is 1.21. The monoisotopic (exact) mass is 495 g/mol. The molecule has 0 aliphatic heterocycles. The maximum atomic E-state index is 9.50. The van der Waals surface area contributed by atoms with E-state index in [1.54, 1.807) is 12.3 Å². The third-order valence-electron chi connectivity index (χ3n) is 3.61. The maximum Gasteiger partial charge on any atom is 0.243 e. The topological polar surface area (TPSA) is 63.2 Å². The molecule has 0 bridgehead atoms. The third kappa shape index (κ3) is 9.18. The molecule has 2 aromatic carbocycles. The van der Waals surface area contributed by atoms with Gasteiger partial charge in [-0.1, -0.05) is 29.8 Å². The predicted octanol–water partition coefficient (Wildman–Crippen LogP) is 7.61. The van der Waals surface area contributed by atoms with Gasteiger partial charge >= 0.3 is 0 Å². The molecule has 0 spiro atoms. The number of hydrogen-bond donors (Lipinski definition) is 2. The van der Waals surface area contributed by atoms with Gasteiger partial charge in [-0.05, 0) is 79.0 Å². The Labute approximate surface area is 202 Å². The fourth-order valence-electron chi connectivity index (χ4n) is 2.17. The van der Waals surface area contributed by atoms with E-state index >= 15 is 0 Å². The zero-order chi connectivity index (χ0) is 23.9. The first-order valence-corrected chi connectivity index (χ1v) is 10.8. The van der Waals surface area contributed by atoms with Crippen molar-refractivity contribution in [1.29, 1.82) is 0 Å². The van der Waals surface area contributed by atoms with Gasteiger partial charge in [0.1, 0.15) is 17.7 Å². The smallest absolute Gasteiger partial charge is 0.243 e. The highest BCUT2D eigenvalue weighted by molar-refractivity contribution is 8.00. The van der Waals surface area contributed by atoms with Crippen LogP contribution in [0.5, 0.6) is 11.6 Å². The molecule has 0 amide bonds. The summed E-state index contributed by atoms with van der Waals surface area (Å²) in [4.78, 5) is 14.4. The number of carbonyl (C=O) groups excluding carboxylic acids is 1. The molecule has 0 fully saturated rings. The molecule has 0 unspecified atom stereocenters. The minimum absolute atomic E-state index is 0.500. The van der Waals surface area contributed by atoms with Crippen LogP contribution < -0.4 is 14.8 Å². The molecule has 3 rings (SSSR count). The van der Waals surface area contributed by atoms with E-state index in [0.717, 1.165) is 21.8 Å². The number of allylic oxidation sites excluding steroid dienone is 1. The summed E-state index contributed by atoms with van der Waals surface area (Å²) in [5.41, 5.74) is 2.82. The molecule has 0 aliphatic carbocycles. The SMILES string of the molecule is C=CC=O.CF.CNc1ccc(Oc2ncc(C)cc2NSc2ccc(Cl)c(Cl)c2)cc1. The largest absolute Gasteiger partial charge is 0.437 e. The number of hydrogen-bond acceptors (Lipinski definition) is 6. The number of aldehydes is 1. The van der Waals surface area contributed by atoms with Crippen molar-refractivity contribution >= 4 is 52.8 Å². The Bertz CT molecular complexity index is 999. The molecule has 0 aliphatic rings. The highest BCUT2D eigenvalue weighted by atomic mass is 35.5. The molecule has 5 nitrogen and oxygen atoms in total. The Kier molecular flexibility index (Phi) is 12.9. The molecule has 32 heavy (non-hydrogen) atoms. The number of anilines is 2. The van der Waals surface area contributed by atoms with Crippen LogP contribution in [0.25, 0.3) is 0 Å². The average Bonchev–Trinajstić information content (AvgIpc) is 2.83. The first-order chi connectivity index (χ1) is 15.5. The summed E-state index contributed by atoms with van der Waals surface area (Å²) in [6.07, 6.45) is 3.60. The fraction of sp³-hybridized carbons (Fsp3) is 0.130. The number of rotatable bonds is 7. The number of carbonyl (C=O) groups is 1. The van der Waals surface area contributed by atoms with E-state index in [4.69, 9.17) is 32.7 Å². The lowest BCUT2D eigenvalue weighted by molar-refractivity contribution is -0.104. The van der Waals surface area contributed by atoms with Crippen molar-refractivity contribution in [2.24, 2.45) is 0 Å². The van der Waals surface area contributed by atoms with E-state index in [2.05, 4.69) is 21.6 Å². The van der Waals surface area contributed by atoms with Gasteiger partial charge < -0.3 is 14.8 Å². The number of aryl methyl sites for hydroxylation is 1. The first-order valence-electron chi connectivity index (χ1n) is 9.21. The molecule has 0 atom stereocenters. The minimum atomic E-state index is 0.500. The van der Waals surface area contributed by atoms with Crippen LogP contribution >= 0.6 is 35.1 Å². The van der Waals surface area contributed by atoms with Crippen LogP contribution in [0, 0.1) is 6.92 Å². The van der Waals surface area contributed by atoms with Crippen LogP contribution in [0.3, 0.4) is 0 Å². The van der Waals surface area contributed by atoms with E-state index in [-0.39, 0.29) is 0 Å². The molecule has 3 aromatic rings. The van der Waals surface area contributed by atoms with Crippen LogP contribution in [0.15, 0.2) is 72.3 Å². The summed E-state index contributed by atoms with van der Waals surface area (Å²) < 4.78 is 18.7. The molecule has 0 radical (unpaired) electrons. The number of aromatic nitrogens is 1. The summed E-state index contributed by atoms with van der Waals surface area (Å²) in [7, 11) is 2.37. The van der Waals surface area contributed by atoms with Crippen molar-refractivity contribution in [3.05, 3.63) is 83.0 Å². The summed E-state index contributed by atoms with van der Waals surface area (Å²) in [6, 6.07) is 15.1. The summed E-state index contributed by atoms with van der Waals surface area (Å²) in [5, 5.41) is 4.12. The van der Waals surface area contributed by atoms with Gasteiger partial charge in [-0.15, -0.1) is 0 Å². The first kappa shape index (κ1) is 27.3. The van der Waals surface area contributed by atoms with Gasteiger partial charge in [0.25, 0.3) is 0 Å². The minimum Gasteiger partial charge on any atom is -0.437 e. The van der Waals surface area contributed by atoms with Gasteiger partial charge in [0.15, 0.2) is 0 Å². The number of ether oxygens (including phenoxy) is 1. The van der Waals surface area contributed by atoms with E-state index < -0.39 is 0 Å². The number of halogens is 3. The molecule has 9 heteroatoms. The number of pyridine rings is 1. The molecule has 1 heterocycles. The van der Waals surface area contributed by atoms with Gasteiger partial charge in [0, 0.05) is 23.8 Å². The number of alkyl halides is 1. The second-order valence-corrected chi connectivity index (χ2v) is 7.59. The number of nitrogens with zero attached hydrogens (tertiary/aromatic N) is 1. The van der Waals surface area contributed by atoms with Crippen LogP contribution in [0.1, 0.15) is 5.56 Å². The van der Waals surface area contributed by atoms with E-state index in [0.29, 0.717) is 35.1 Å². The van der Waals surface area contributed by atoms with Gasteiger partial charge in [-0.25, -0.2) is 4.98 Å². The van der Waals surface area contributed by atoms with Crippen molar-refractivity contribution < 1.29 is 13.9 Å². The number of nitrogens with one attached hydrogen (secondary N) is 2. The van der Waals surface area contributed by atoms with Crippen molar-refractivity contribution in [2.45, 2.75) is 11.8 Å². The Morgan fingerprint density at radius 3 is 2.31 bits per heavy atom. The van der Waals surface area contributed by atoms with Gasteiger partial charge in [-0.2, -0.15) is 0 Å². The molecular weight excluding hydrogens is 472 g/mol. The normalized spacial score (nSPS) is 9.31. The summed E-state index contributed by atoms with van der Waals surface area (Å²) in [6.45, 7) is 5.09. The second-order valence-electron chi connectivity index (χ2n) is 5.89. The quantitative estimate of drug-likeness (QED) is 0.199. The van der Waals surface area contributed by atoms with Crippen molar-refractivity contribution in [2.75, 3.05) is 24.3 Å². The molecule has 170 valence electrons. The molecule has 2 N–H and O–H groups in total. The Morgan fingerprint density at radius 1 is 1.09 bits per heavy atom. The Morgan fingerprint density at radius 2 is 1.75 bits per heavy atom. The van der Waals surface area contributed by atoms with Crippen LogP contribution in [0.2, 0.25) is 10.0 Å². The Balaban J connectivity index is 0.000000769. The van der Waals surface area contributed by atoms with Crippen LogP contribution in [0.4, 0.5) is 15.8 Å². The molecule has 0 saturated carbocycles. The average molecular weight is 496 g/mol. The summed E-state index contributed by atoms with van der Waals surface area (Å²) >= 11 is 13.4. The molecule has 1 aromatic heterocycles. The van der Waals surface area contributed by atoms with Crippen LogP contribution in [-0.4, -0.2) is 25.5 Å². The number of benzene rings is 2. The highest BCUT2D eigenvalue weighted by Crippen LogP contribution is 2.33. The van der Waals surface area contributed by atoms with E-state index in [9.17, 15) is 4.39 Å². The maximum absolute atomic E-state index is 9.50. The lowest BCUT2D eigenvalue weighted by atomic mass is 10.3.